The normalized spacial score (nSPS) is 40.6. The molecular formula is C16H26N2O15P2S. The number of carbonyl (C=O) groups excluding carboxylic acids is 1. The molecule has 20 heteroatoms. The number of hydrogen-bond donors (Lipinski definition) is 9. The van der Waals surface area contributed by atoms with Crippen LogP contribution in [0.25, 0.3) is 0 Å². The maximum Gasteiger partial charge on any atom is 0.483 e. The molecule has 0 radical (unpaired) electrons. The third-order valence-corrected chi connectivity index (χ3v) is 8.48. The van der Waals surface area contributed by atoms with Crippen LogP contribution in [0.15, 0.2) is 24.7 Å². The monoisotopic (exact) mass is 580 g/mol. The molecule has 11 atom stereocenters. The molecule has 0 aromatic carbocycles. The molecule has 1 amide bonds. The molecule has 206 valence electrons. The standard InChI is InChI=1S/C16H26N2O15P2S/c1-6-17-9(20)2-3-18(6)15-12(23)10(21)8(30-15)5-29-34(25,26)33-35(27,28)32-16-13(24)14(36)11(22)7(4-19)31-16/h2-3,7-8,10-16,19,21-24,36H,1,4-5H2,(H,17,20)(H,25,26)(H,27,28)/t7?,8-,10+,11+,12?,13?,14+,15-,16+/m1/s1. The van der Waals surface area contributed by atoms with Gasteiger partial charge in [-0.05, 0) is 0 Å². The highest BCUT2D eigenvalue weighted by Gasteiger charge is 2.49. The zero-order valence-corrected chi connectivity index (χ0v) is 20.8. The summed E-state index contributed by atoms with van der Waals surface area (Å²) in [5.74, 6) is -0.473. The lowest BCUT2D eigenvalue weighted by Crippen LogP contribution is -2.56. The van der Waals surface area contributed by atoms with Gasteiger partial charge in [-0.1, -0.05) is 6.58 Å². The number of thiol groups is 1. The lowest BCUT2D eigenvalue weighted by atomic mass is 10.0. The Bertz CT molecular complexity index is 968. The molecule has 3 aliphatic heterocycles. The van der Waals surface area contributed by atoms with Crippen LogP contribution < -0.4 is 5.32 Å². The van der Waals surface area contributed by atoms with Gasteiger partial charge in [0.25, 0.3) is 5.91 Å². The number of amides is 1. The van der Waals surface area contributed by atoms with Gasteiger partial charge in [0.15, 0.2) is 12.5 Å². The Kier molecular flexibility index (Phi) is 9.42. The molecule has 3 rings (SSSR count). The second kappa shape index (κ2) is 11.4. The predicted octanol–water partition coefficient (Wildman–Crippen LogP) is -3.16. The van der Waals surface area contributed by atoms with Gasteiger partial charge in [-0.25, -0.2) is 9.13 Å². The molecule has 2 fully saturated rings. The van der Waals surface area contributed by atoms with E-state index in [0.29, 0.717) is 0 Å². The van der Waals surface area contributed by atoms with Gasteiger partial charge in [-0.15, -0.1) is 0 Å². The van der Waals surface area contributed by atoms with Crippen molar-refractivity contribution in [2.75, 3.05) is 13.2 Å². The highest BCUT2D eigenvalue weighted by atomic mass is 32.1. The first-order valence-corrected chi connectivity index (χ1v) is 13.6. The molecule has 17 nitrogen and oxygen atoms in total. The third-order valence-electron chi connectivity index (χ3n) is 5.27. The summed E-state index contributed by atoms with van der Waals surface area (Å²) in [6, 6.07) is 0. The maximum atomic E-state index is 12.2. The molecule has 5 unspecified atom stereocenters. The largest absolute Gasteiger partial charge is 0.483 e. The van der Waals surface area contributed by atoms with Crippen molar-refractivity contribution in [1.29, 1.82) is 0 Å². The Labute approximate surface area is 209 Å². The molecule has 0 spiro atoms. The Morgan fingerprint density at radius 2 is 1.72 bits per heavy atom. The number of aliphatic hydroxyl groups is 5. The number of carbonyl (C=O) groups is 1. The van der Waals surface area contributed by atoms with Gasteiger partial charge in [0.1, 0.15) is 36.3 Å². The van der Waals surface area contributed by atoms with Crippen LogP contribution in [0.1, 0.15) is 0 Å². The Balaban J connectivity index is 1.58. The fourth-order valence-electron chi connectivity index (χ4n) is 3.45. The van der Waals surface area contributed by atoms with Crippen LogP contribution in [0.5, 0.6) is 0 Å². The Hall–Kier alpha value is -0.920. The van der Waals surface area contributed by atoms with Gasteiger partial charge in [-0.2, -0.15) is 16.9 Å². The molecule has 0 aliphatic carbocycles. The molecule has 3 heterocycles. The first-order chi connectivity index (χ1) is 16.7. The van der Waals surface area contributed by atoms with E-state index in [-0.39, 0.29) is 5.82 Å². The summed E-state index contributed by atoms with van der Waals surface area (Å²) in [5, 5.41) is 50.6. The van der Waals surface area contributed by atoms with E-state index in [9.17, 15) is 49.2 Å². The minimum atomic E-state index is -5.48. The fourth-order valence-corrected chi connectivity index (χ4v) is 5.94. The van der Waals surface area contributed by atoms with Crippen LogP contribution in [0.2, 0.25) is 0 Å². The zero-order chi connectivity index (χ0) is 27.0. The summed E-state index contributed by atoms with van der Waals surface area (Å²) in [6.07, 6.45) is -10.3. The summed E-state index contributed by atoms with van der Waals surface area (Å²) >= 11 is 3.91. The van der Waals surface area contributed by atoms with Gasteiger partial charge < -0.3 is 55.0 Å². The van der Waals surface area contributed by atoms with E-state index in [2.05, 4.69) is 37.9 Å². The van der Waals surface area contributed by atoms with Crippen molar-refractivity contribution in [3.05, 3.63) is 24.7 Å². The van der Waals surface area contributed by atoms with Crippen molar-refractivity contribution in [2.45, 2.75) is 54.4 Å². The van der Waals surface area contributed by atoms with E-state index in [1.54, 1.807) is 0 Å². The van der Waals surface area contributed by atoms with E-state index < -0.39 is 89.2 Å². The Morgan fingerprint density at radius 3 is 2.33 bits per heavy atom. The second-order valence-corrected chi connectivity index (χ2v) is 11.4. The molecule has 8 N–H and O–H groups in total. The average Bonchev–Trinajstić information content (AvgIpc) is 3.06. The van der Waals surface area contributed by atoms with Crippen molar-refractivity contribution in [3.63, 3.8) is 0 Å². The van der Waals surface area contributed by atoms with Gasteiger partial charge in [0.05, 0.1) is 24.6 Å². The van der Waals surface area contributed by atoms with Crippen LogP contribution in [0.4, 0.5) is 0 Å². The zero-order valence-electron chi connectivity index (χ0n) is 18.2. The van der Waals surface area contributed by atoms with Crippen LogP contribution in [0.3, 0.4) is 0 Å². The van der Waals surface area contributed by atoms with E-state index in [1.165, 1.54) is 11.1 Å². The molecule has 2 saturated heterocycles. The van der Waals surface area contributed by atoms with Gasteiger partial charge >= 0.3 is 15.6 Å². The molecule has 0 aromatic rings. The summed E-state index contributed by atoms with van der Waals surface area (Å²) in [6.45, 7) is 1.88. The first-order valence-electron chi connectivity index (χ1n) is 10.1. The minimum absolute atomic E-state index is 0.0152. The quantitative estimate of drug-likeness (QED) is 0.0963. The predicted molar refractivity (Wildman–Crippen MR) is 117 cm³/mol. The lowest BCUT2D eigenvalue weighted by molar-refractivity contribution is -0.241. The molecule has 0 saturated carbocycles. The number of hydrogen-bond acceptors (Lipinski definition) is 15. The summed E-state index contributed by atoms with van der Waals surface area (Å²) in [5.41, 5.74) is 0. The molecule has 3 aliphatic rings. The first kappa shape index (κ1) is 29.6. The average molecular weight is 580 g/mol. The van der Waals surface area contributed by atoms with Gasteiger partial charge in [0, 0.05) is 12.3 Å². The number of rotatable bonds is 9. The fraction of sp³-hybridized carbons (Fsp3) is 0.688. The van der Waals surface area contributed by atoms with Crippen LogP contribution in [0, 0.1) is 0 Å². The number of aliphatic hydroxyl groups excluding tert-OH is 5. The number of phosphoric ester groups is 2. The highest BCUT2D eigenvalue weighted by molar-refractivity contribution is 7.81. The van der Waals surface area contributed by atoms with Crippen LogP contribution in [-0.2, 0) is 36.8 Å². The van der Waals surface area contributed by atoms with Gasteiger partial charge in [0.2, 0.25) is 0 Å². The second-order valence-electron chi connectivity index (χ2n) is 7.82. The van der Waals surface area contributed by atoms with E-state index in [1.807, 2.05) is 0 Å². The SMILES string of the molecule is C=C1NC(=O)C=CN1[C@@H]1O[C@H](COP(=O)(O)OP(=O)(O)O[C@@H]2OC(CO)[C@H](O)[C@H](S)C2O)[C@H](O)C1O. The summed E-state index contributed by atoms with van der Waals surface area (Å²) in [4.78, 5) is 32.2. The molecule has 36 heavy (non-hydrogen) atoms. The topological polar surface area (TPSA) is 254 Å². The maximum absolute atomic E-state index is 12.2. The number of nitrogens with zero attached hydrogens (tertiary/aromatic N) is 1. The summed E-state index contributed by atoms with van der Waals surface area (Å²) < 4.78 is 48.2. The van der Waals surface area contributed by atoms with E-state index in [4.69, 9.17) is 9.47 Å². The van der Waals surface area contributed by atoms with Crippen molar-refractivity contribution >= 4 is 34.2 Å². The number of ether oxygens (including phenoxy) is 2. The number of phosphoric acid groups is 2. The molecule has 0 bridgehead atoms. The lowest BCUT2D eigenvalue weighted by Gasteiger charge is -2.40. The van der Waals surface area contributed by atoms with Crippen molar-refractivity contribution in [1.82, 2.24) is 10.2 Å². The minimum Gasteiger partial charge on any atom is -0.394 e. The molecular weight excluding hydrogens is 554 g/mol. The van der Waals surface area contributed by atoms with Crippen molar-refractivity contribution < 1.29 is 72.1 Å². The Morgan fingerprint density at radius 1 is 1.06 bits per heavy atom. The smallest absolute Gasteiger partial charge is 0.394 e. The van der Waals surface area contributed by atoms with Crippen LogP contribution >= 0.6 is 28.3 Å². The van der Waals surface area contributed by atoms with E-state index >= 15 is 0 Å². The van der Waals surface area contributed by atoms with E-state index in [0.717, 1.165) is 6.08 Å². The third kappa shape index (κ3) is 6.74. The van der Waals surface area contributed by atoms with Crippen molar-refractivity contribution in [3.8, 4) is 0 Å². The molecule has 0 aromatic heterocycles. The highest BCUT2D eigenvalue weighted by Crippen LogP contribution is 2.61. The summed E-state index contributed by atoms with van der Waals surface area (Å²) in [7, 11) is -10.9. The van der Waals surface area contributed by atoms with Crippen LogP contribution in [-0.4, -0.2) is 114 Å². The van der Waals surface area contributed by atoms with Crippen molar-refractivity contribution in [2.24, 2.45) is 0 Å². The van der Waals surface area contributed by atoms with Gasteiger partial charge in [-0.3, -0.25) is 13.8 Å². The number of nitrogens with one attached hydrogen (secondary N) is 1.